The Morgan fingerprint density at radius 2 is 1.03 bits per heavy atom. The number of amides is 1. The molecule has 3 aromatic rings. The minimum absolute atomic E-state index is 0.315. The average Bonchev–Trinajstić information content (AvgIpc) is 2.86. The molecule has 32 heavy (non-hydrogen) atoms. The highest BCUT2D eigenvalue weighted by atomic mass is 16.6. The summed E-state index contributed by atoms with van der Waals surface area (Å²) in [7, 11) is 0. The Labute approximate surface area is 185 Å². The van der Waals surface area contributed by atoms with Crippen LogP contribution < -0.4 is 5.32 Å². The standard InChI is InChI=1S/C25H23NO6/c27-16-25(26-22(28)19-10-4-1-5-11-19,17-31-23(29)20-12-6-2-7-13-20)18-32-24(30)21-14-8-3-9-15-21/h1-15,27H,16-18H2,(H,26,28). The van der Waals surface area contributed by atoms with E-state index in [-0.39, 0.29) is 0 Å². The van der Waals surface area contributed by atoms with Gasteiger partial charge in [0, 0.05) is 5.56 Å². The largest absolute Gasteiger partial charge is 0.459 e. The first-order valence-electron chi connectivity index (χ1n) is 9.96. The number of aliphatic hydroxyl groups excluding tert-OH is 1. The molecule has 2 N–H and O–H groups in total. The molecule has 0 bridgehead atoms. The first-order valence-corrected chi connectivity index (χ1v) is 9.96. The summed E-state index contributed by atoms with van der Waals surface area (Å²) in [5, 5.41) is 12.8. The van der Waals surface area contributed by atoms with Crippen LogP contribution >= 0.6 is 0 Å². The molecule has 0 heterocycles. The number of nitrogens with one attached hydrogen (secondary N) is 1. The van der Waals surface area contributed by atoms with E-state index in [2.05, 4.69) is 5.32 Å². The summed E-state index contributed by atoms with van der Waals surface area (Å²) in [6.07, 6.45) is 0. The molecule has 0 saturated carbocycles. The van der Waals surface area contributed by atoms with Gasteiger partial charge in [-0.2, -0.15) is 0 Å². The van der Waals surface area contributed by atoms with E-state index >= 15 is 0 Å². The molecule has 1 amide bonds. The lowest BCUT2D eigenvalue weighted by Crippen LogP contribution is -2.58. The number of benzene rings is 3. The molecule has 0 saturated heterocycles. The third-order valence-corrected chi connectivity index (χ3v) is 4.70. The fourth-order valence-corrected chi connectivity index (χ4v) is 2.87. The van der Waals surface area contributed by atoms with Crippen LogP contribution in [-0.4, -0.2) is 48.3 Å². The Hall–Kier alpha value is -3.97. The molecule has 7 nitrogen and oxygen atoms in total. The molecule has 0 atom stereocenters. The normalized spacial score (nSPS) is 10.8. The van der Waals surface area contributed by atoms with Crippen molar-refractivity contribution in [1.82, 2.24) is 5.32 Å². The molecule has 0 fully saturated rings. The van der Waals surface area contributed by atoms with Crippen molar-refractivity contribution in [2.24, 2.45) is 0 Å². The van der Waals surface area contributed by atoms with E-state index in [1.165, 1.54) is 0 Å². The lowest BCUT2D eigenvalue weighted by Gasteiger charge is -2.32. The van der Waals surface area contributed by atoms with Gasteiger partial charge in [0.1, 0.15) is 18.8 Å². The maximum Gasteiger partial charge on any atom is 0.338 e. The Kier molecular flexibility index (Phi) is 7.72. The molecule has 0 radical (unpaired) electrons. The number of esters is 2. The predicted octanol–water partition coefficient (Wildman–Crippen LogP) is 2.86. The van der Waals surface area contributed by atoms with Crippen molar-refractivity contribution in [3.05, 3.63) is 108 Å². The molecule has 0 aromatic heterocycles. The molecule has 3 rings (SSSR count). The summed E-state index contributed by atoms with van der Waals surface area (Å²) in [5.74, 6) is -1.77. The van der Waals surface area contributed by atoms with E-state index in [1.54, 1.807) is 91.0 Å². The number of hydrogen-bond donors (Lipinski definition) is 2. The summed E-state index contributed by atoms with van der Waals surface area (Å²) < 4.78 is 10.7. The second kappa shape index (κ2) is 10.9. The monoisotopic (exact) mass is 433 g/mol. The number of hydrogen-bond acceptors (Lipinski definition) is 6. The van der Waals surface area contributed by atoms with Gasteiger partial charge in [-0.05, 0) is 36.4 Å². The Morgan fingerprint density at radius 1 is 0.656 bits per heavy atom. The number of aliphatic hydroxyl groups is 1. The van der Waals surface area contributed by atoms with Crippen LogP contribution in [0, 0.1) is 0 Å². The molecule has 7 heteroatoms. The van der Waals surface area contributed by atoms with Gasteiger partial charge in [0.2, 0.25) is 0 Å². The third-order valence-electron chi connectivity index (χ3n) is 4.70. The highest BCUT2D eigenvalue weighted by Crippen LogP contribution is 2.13. The van der Waals surface area contributed by atoms with Gasteiger partial charge >= 0.3 is 11.9 Å². The molecular weight excluding hydrogens is 410 g/mol. The zero-order chi connectivity index (χ0) is 22.8. The summed E-state index contributed by atoms with van der Waals surface area (Å²) in [4.78, 5) is 37.5. The minimum atomic E-state index is -1.54. The molecule has 0 aliphatic heterocycles. The smallest absolute Gasteiger partial charge is 0.338 e. The molecule has 0 spiro atoms. The maximum absolute atomic E-state index is 12.7. The highest BCUT2D eigenvalue weighted by Gasteiger charge is 2.36. The van der Waals surface area contributed by atoms with Gasteiger partial charge in [0.15, 0.2) is 0 Å². The van der Waals surface area contributed by atoms with Gasteiger partial charge in [-0.3, -0.25) is 4.79 Å². The van der Waals surface area contributed by atoms with Crippen LogP contribution in [0.4, 0.5) is 0 Å². The topological polar surface area (TPSA) is 102 Å². The van der Waals surface area contributed by atoms with Crippen molar-refractivity contribution in [2.45, 2.75) is 5.54 Å². The lowest BCUT2D eigenvalue weighted by atomic mass is 10.0. The van der Waals surface area contributed by atoms with Crippen LogP contribution in [0.15, 0.2) is 91.0 Å². The van der Waals surface area contributed by atoms with Crippen LogP contribution in [0.5, 0.6) is 0 Å². The van der Waals surface area contributed by atoms with Gasteiger partial charge in [-0.1, -0.05) is 54.6 Å². The summed E-state index contributed by atoms with van der Waals surface area (Å²) >= 11 is 0. The van der Waals surface area contributed by atoms with Crippen LogP contribution in [0.3, 0.4) is 0 Å². The average molecular weight is 433 g/mol. The number of rotatable bonds is 9. The van der Waals surface area contributed by atoms with Crippen molar-refractivity contribution < 1.29 is 29.0 Å². The summed E-state index contributed by atoms with van der Waals surface area (Å²) in [5.41, 5.74) is -0.568. The van der Waals surface area contributed by atoms with Gasteiger partial charge < -0.3 is 19.9 Å². The van der Waals surface area contributed by atoms with E-state index < -0.39 is 43.2 Å². The fraction of sp³-hybridized carbons (Fsp3) is 0.160. The van der Waals surface area contributed by atoms with Crippen molar-refractivity contribution in [1.29, 1.82) is 0 Å². The van der Waals surface area contributed by atoms with Gasteiger partial charge in [0.05, 0.1) is 17.7 Å². The number of carbonyl (C=O) groups is 3. The second-order valence-electron chi connectivity index (χ2n) is 7.14. The van der Waals surface area contributed by atoms with Crippen LogP contribution in [0.2, 0.25) is 0 Å². The quantitative estimate of drug-likeness (QED) is 0.503. The molecule has 0 aliphatic rings. The zero-order valence-corrected chi connectivity index (χ0v) is 17.3. The Bertz CT molecular complexity index is 982. The molecule has 3 aromatic carbocycles. The van der Waals surface area contributed by atoms with Crippen molar-refractivity contribution in [3.63, 3.8) is 0 Å². The number of ether oxygens (including phenoxy) is 2. The first-order chi connectivity index (χ1) is 15.5. The van der Waals surface area contributed by atoms with Gasteiger partial charge in [-0.25, -0.2) is 9.59 Å². The second-order valence-corrected chi connectivity index (χ2v) is 7.14. The van der Waals surface area contributed by atoms with Crippen LogP contribution in [0.1, 0.15) is 31.1 Å². The molecular formula is C25H23NO6. The van der Waals surface area contributed by atoms with Crippen molar-refractivity contribution in [2.75, 3.05) is 19.8 Å². The SMILES string of the molecule is O=C(NC(CO)(COC(=O)c1ccccc1)COC(=O)c1ccccc1)c1ccccc1. The zero-order valence-electron chi connectivity index (χ0n) is 17.3. The first kappa shape index (κ1) is 22.7. The summed E-state index contributed by atoms with van der Waals surface area (Å²) in [6, 6.07) is 25.0. The van der Waals surface area contributed by atoms with E-state index in [1.807, 2.05) is 0 Å². The highest BCUT2D eigenvalue weighted by molar-refractivity contribution is 5.95. The van der Waals surface area contributed by atoms with Gasteiger partial charge in [0.25, 0.3) is 5.91 Å². The molecule has 0 aliphatic carbocycles. The fourth-order valence-electron chi connectivity index (χ4n) is 2.87. The predicted molar refractivity (Wildman–Crippen MR) is 117 cm³/mol. The Balaban J connectivity index is 1.76. The van der Waals surface area contributed by atoms with Crippen LogP contribution in [0.25, 0.3) is 0 Å². The van der Waals surface area contributed by atoms with Gasteiger partial charge in [-0.15, -0.1) is 0 Å². The third kappa shape index (κ3) is 6.02. The molecule has 0 unspecified atom stereocenters. The van der Waals surface area contributed by atoms with Crippen LogP contribution in [-0.2, 0) is 9.47 Å². The van der Waals surface area contributed by atoms with E-state index in [0.717, 1.165) is 0 Å². The summed E-state index contributed by atoms with van der Waals surface area (Å²) in [6.45, 7) is -1.44. The van der Waals surface area contributed by atoms with Crippen molar-refractivity contribution in [3.8, 4) is 0 Å². The minimum Gasteiger partial charge on any atom is -0.459 e. The van der Waals surface area contributed by atoms with Crippen molar-refractivity contribution >= 4 is 17.8 Å². The van der Waals surface area contributed by atoms with E-state index in [4.69, 9.17) is 9.47 Å². The maximum atomic E-state index is 12.7. The molecule has 164 valence electrons. The van der Waals surface area contributed by atoms with E-state index in [9.17, 15) is 19.5 Å². The van der Waals surface area contributed by atoms with E-state index in [0.29, 0.717) is 16.7 Å². The lowest BCUT2D eigenvalue weighted by molar-refractivity contribution is -0.00461. The Morgan fingerprint density at radius 3 is 1.41 bits per heavy atom. The number of carbonyl (C=O) groups excluding carboxylic acids is 3.